The van der Waals surface area contributed by atoms with E-state index in [4.69, 9.17) is 4.42 Å². The summed E-state index contributed by atoms with van der Waals surface area (Å²) >= 11 is 0. The molecule has 0 aliphatic carbocycles. The number of carbonyl (C=O) groups excluding carboxylic acids is 1. The van der Waals surface area contributed by atoms with Crippen LogP contribution >= 0.6 is 24.0 Å². The molecule has 0 saturated heterocycles. The summed E-state index contributed by atoms with van der Waals surface area (Å²) in [5.74, 6) is 1.43. The smallest absolute Gasteiger partial charge is 0.243 e. The number of guanidine groups is 1. The second-order valence-corrected chi connectivity index (χ2v) is 6.35. The topological polar surface area (TPSA) is 61.1 Å². The van der Waals surface area contributed by atoms with Crippen molar-refractivity contribution in [2.24, 2.45) is 4.99 Å². The van der Waals surface area contributed by atoms with Gasteiger partial charge in [0.05, 0.1) is 6.54 Å². The maximum absolute atomic E-state index is 11.8. The number of fused-ring (bicyclic) bond motifs is 1. The van der Waals surface area contributed by atoms with Gasteiger partial charge in [0, 0.05) is 33.1 Å². The predicted octanol–water partition coefficient (Wildman–Crippen LogP) is 3.09. The van der Waals surface area contributed by atoms with Gasteiger partial charge in [-0.05, 0) is 19.1 Å². The van der Waals surface area contributed by atoms with Crippen molar-refractivity contribution in [3.8, 4) is 0 Å². The highest BCUT2D eigenvalue weighted by Crippen LogP contribution is 2.19. The number of rotatable bonds is 6. The van der Waals surface area contributed by atoms with Crippen molar-refractivity contribution in [1.82, 2.24) is 15.1 Å². The van der Waals surface area contributed by atoms with Crippen molar-refractivity contribution >= 4 is 46.8 Å². The molecule has 0 unspecified atom stereocenters. The van der Waals surface area contributed by atoms with Crippen LogP contribution in [-0.2, 0) is 11.3 Å². The number of aliphatic imine (C=N–C) groups is 1. The molecule has 0 spiro atoms. The van der Waals surface area contributed by atoms with Crippen molar-refractivity contribution in [1.29, 1.82) is 0 Å². The van der Waals surface area contributed by atoms with Gasteiger partial charge in [0.15, 0.2) is 5.96 Å². The lowest BCUT2D eigenvalue weighted by molar-refractivity contribution is -0.127. The standard InChI is InChI=1S/C19H26N4O2.HI/c1-14(2)11-20-19(21-12-18(24)22(3)4)23(5)13-16-10-15-8-6-7-9-17(15)25-16;/h6-10H,1,11-13H2,2-5H3,(H,20,21);1H. The Kier molecular flexibility index (Phi) is 8.64. The Bertz CT molecular complexity index is 750. The lowest BCUT2D eigenvalue weighted by atomic mass is 10.2. The van der Waals surface area contributed by atoms with E-state index in [0.717, 1.165) is 22.3 Å². The number of para-hydroxylation sites is 1. The molecule has 1 aromatic heterocycles. The minimum atomic E-state index is -0.0493. The summed E-state index contributed by atoms with van der Waals surface area (Å²) in [5.41, 5.74) is 1.85. The van der Waals surface area contributed by atoms with Crippen LogP contribution in [0.3, 0.4) is 0 Å². The van der Waals surface area contributed by atoms with Crippen LogP contribution in [-0.4, -0.2) is 55.9 Å². The van der Waals surface area contributed by atoms with Crippen molar-refractivity contribution in [3.63, 3.8) is 0 Å². The zero-order valence-corrected chi connectivity index (χ0v) is 18.1. The van der Waals surface area contributed by atoms with Crippen molar-refractivity contribution in [2.45, 2.75) is 13.5 Å². The summed E-state index contributed by atoms with van der Waals surface area (Å²) in [6, 6.07) is 9.93. The van der Waals surface area contributed by atoms with Gasteiger partial charge in [-0.15, -0.1) is 24.0 Å². The molecular weight excluding hydrogens is 443 g/mol. The van der Waals surface area contributed by atoms with Crippen molar-refractivity contribution in [2.75, 3.05) is 34.2 Å². The summed E-state index contributed by atoms with van der Waals surface area (Å²) in [6.07, 6.45) is 0. The van der Waals surface area contributed by atoms with Crippen LogP contribution in [0.15, 0.2) is 51.9 Å². The molecule has 0 aliphatic rings. The Balaban J connectivity index is 0.00000338. The molecule has 0 aliphatic heterocycles. The molecule has 7 heteroatoms. The first-order chi connectivity index (χ1) is 11.9. The van der Waals surface area contributed by atoms with Gasteiger partial charge >= 0.3 is 0 Å². The molecule has 26 heavy (non-hydrogen) atoms. The molecule has 0 atom stereocenters. The van der Waals surface area contributed by atoms with Gasteiger partial charge < -0.3 is 19.5 Å². The number of hydrogen-bond donors (Lipinski definition) is 1. The Morgan fingerprint density at radius 3 is 2.58 bits per heavy atom. The molecular formula is C19H27IN4O2. The molecule has 1 N–H and O–H groups in total. The molecule has 0 fully saturated rings. The molecule has 2 aromatic rings. The fourth-order valence-corrected chi connectivity index (χ4v) is 2.25. The van der Waals surface area contributed by atoms with Crippen LogP contribution in [0.1, 0.15) is 12.7 Å². The summed E-state index contributed by atoms with van der Waals surface area (Å²) in [5, 5.41) is 4.30. The van der Waals surface area contributed by atoms with E-state index in [2.05, 4.69) is 16.9 Å². The van der Waals surface area contributed by atoms with Crippen LogP contribution in [0.4, 0.5) is 0 Å². The summed E-state index contributed by atoms with van der Waals surface area (Å²) in [7, 11) is 5.35. The monoisotopic (exact) mass is 470 g/mol. The lowest BCUT2D eigenvalue weighted by Gasteiger charge is -2.22. The summed E-state index contributed by atoms with van der Waals surface area (Å²) in [6.45, 7) is 7.07. The average molecular weight is 470 g/mol. The maximum Gasteiger partial charge on any atom is 0.243 e. The maximum atomic E-state index is 11.8. The Hall–Kier alpha value is -2.03. The van der Waals surface area contributed by atoms with E-state index in [0.29, 0.717) is 19.0 Å². The largest absolute Gasteiger partial charge is 0.459 e. The molecule has 1 aromatic carbocycles. The minimum Gasteiger partial charge on any atom is -0.459 e. The quantitative estimate of drug-likeness (QED) is 0.305. The van der Waals surface area contributed by atoms with Gasteiger partial charge in [0.25, 0.3) is 0 Å². The number of benzene rings is 1. The molecule has 0 radical (unpaired) electrons. The minimum absolute atomic E-state index is 0. The van der Waals surface area contributed by atoms with E-state index in [1.54, 1.807) is 14.1 Å². The van der Waals surface area contributed by atoms with Crippen molar-refractivity contribution < 1.29 is 9.21 Å². The second-order valence-electron chi connectivity index (χ2n) is 6.35. The van der Waals surface area contributed by atoms with Gasteiger partial charge in [0.2, 0.25) is 5.91 Å². The van der Waals surface area contributed by atoms with Gasteiger partial charge in [-0.2, -0.15) is 0 Å². The molecule has 6 nitrogen and oxygen atoms in total. The summed E-state index contributed by atoms with van der Waals surface area (Å²) < 4.78 is 5.86. The molecule has 1 amide bonds. The fourth-order valence-electron chi connectivity index (χ4n) is 2.25. The van der Waals surface area contributed by atoms with Gasteiger partial charge in [-0.3, -0.25) is 4.79 Å². The highest BCUT2D eigenvalue weighted by atomic mass is 127. The number of amides is 1. The number of nitrogens with one attached hydrogen (secondary N) is 1. The summed E-state index contributed by atoms with van der Waals surface area (Å²) in [4.78, 5) is 19.7. The van der Waals surface area contributed by atoms with E-state index in [1.165, 1.54) is 4.90 Å². The second kappa shape index (κ2) is 10.2. The van der Waals surface area contributed by atoms with E-state index >= 15 is 0 Å². The highest BCUT2D eigenvalue weighted by Gasteiger charge is 2.12. The third-order valence-electron chi connectivity index (χ3n) is 3.64. The van der Waals surface area contributed by atoms with Crippen LogP contribution in [0.5, 0.6) is 0 Å². The Morgan fingerprint density at radius 2 is 1.96 bits per heavy atom. The normalized spacial score (nSPS) is 11.0. The lowest BCUT2D eigenvalue weighted by Crippen LogP contribution is -2.40. The van der Waals surface area contributed by atoms with Gasteiger partial charge in [-0.1, -0.05) is 30.4 Å². The Morgan fingerprint density at radius 1 is 1.27 bits per heavy atom. The van der Waals surface area contributed by atoms with Gasteiger partial charge in [-0.25, -0.2) is 4.99 Å². The molecule has 2 rings (SSSR count). The van der Waals surface area contributed by atoms with E-state index < -0.39 is 0 Å². The van der Waals surface area contributed by atoms with E-state index in [9.17, 15) is 4.79 Å². The number of hydrogen-bond acceptors (Lipinski definition) is 3. The number of nitrogens with zero attached hydrogens (tertiary/aromatic N) is 3. The van der Waals surface area contributed by atoms with Crippen molar-refractivity contribution in [3.05, 3.63) is 48.2 Å². The fraction of sp³-hybridized carbons (Fsp3) is 0.368. The zero-order chi connectivity index (χ0) is 18.4. The number of furan rings is 1. The van der Waals surface area contributed by atoms with E-state index in [-0.39, 0.29) is 36.4 Å². The average Bonchev–Trinajstić information content (AvgIpc) is 2.96. The van der Waals surface area contributed by atoms with Crippen LogP contribution < -0.4 is 5.32 Å². The first-order valence-corrected chi connectivity index (χ1v) is 8.18. The third kappa shape index (κ3) is 6.36. The SMILES string of the molecule is C=C(C)CNC(=NCC(=O)N(C)C)N(C)Cc1cc2ccccc2o1.I. The number of likely N-dealkylation sites (N-methyl/N-ethyl adjacent to an activating group) is 1. The molecule has 0 bridgehead atoms. The Labute approximate surface area is 172 Å². The number of carbonyl (C=O) groups is 1. The highest BCUT2D eigenvalue weighted by molar-refractivity contribution is 14.0. The zero-order valence-electron chi connectivity index (χ0n) is 15.8. The van der Waals surface area contributed by atoms with Crippen LogP contribution in [0.25, 0.3) is 11.0 Å². The molecule has 142 valence electrons. The first-order valence-electron chi connectivity index (χ1n) is 8.18. The van der Waals surface area contributed by atoms with Crippen LogP contribution in [0.2, 0.25) is 0 Å². The number of halogens is 1. The third-order valence-corrected chi connectivity index (χ3v) is 3.64. The van der Waals surface area contributed by atoms with E-state index in [1.807, 2.05) is 49.2 Å². The first kappa shape index (κ1) is 22.0. The molecule has 0 saturated carbocycles. The predicted molar refractivity (Wildman–Crippen MR) is 117 cm³/mol. The van der Waals surface area contributed by atoms with Gasteiger partial charge in [0.1, 0.15) is 17.9 Å². The van der Waals surface area contributed by atoms with Crippen LogP contribution in [0, 0.1) is 0 Å². The molecule has 1 heterocycles.